The number of rotatable bonds is 10. The Morgan fingerprint density at radius 3 is 2.52 bits per heavy atom. The molecule has 0 aliphatic heterocycles. The molecule has 1 aromatic heterocycles. The van der Waals surface area contributed by atoms with Crippen molar-refractivity contribution in [1.82, 2.24) is 9.55 Å². The predicted octanol–water partition coefficient (Wildman–Crippen LogP) is 4.59. The Hall–Kier alpha value is -2.63. The molecule has 3 rings (SSSR count). The Balaban J connectivity index is 1.66. The SMILES string of the molecule is CC[C@H](C(=O)OCC1CCCCC1)[C@H](COC(=O)c1ccccc1)Cc1cncn1C. The van der Waals surface area contributed by atoms with Gasteiger partial charge in [0.15, 0.2) is 0 Å². The third kappa shape index (κ3) is 6.68. The second-order valence-electron chi connectivity index (χ2n) is 8.57. The summed E-state index contributed by atoms with van der Waals surface area (Å²) in [5.74, 6) is -0.590. The lowest BCUT2D eigenvalue weighted by Gasteiger charge is -2.26. The van der Waals surface area contributed by atoms with Crippen molar-refractivity contribution in [2.24, 2.45) is 24.8 Å². The van der Waals surface area contributed by atoms with Crippen LogP contribution in [0.25, 0.3) is 0 Å². The average molecular weight is 427 g/mol. The van der Waals surface area contributed by atoms with Gasteiger partial charge in [-0.05, 0) is 43.7 Å². The van der Waals surface area contributed by atoms with Crippen LogP contribution in [0.1, 0.15) is 61.5 Å². The van der Waals surface area contributed by atoms with Gasteiger partial charge in [0.25, 0.3) is 0 Å². The molecule has 0 bridgehead atoms. The van der Waals surface area contributed by atoms with Crippen LogP contribution in [-0.4, -0.2) is 34.7 Å². The molecule has 2 aromatic rings. The summed E-state index contributed by atoms with van der Waals surface area (Å²) >= 11 is 0. The van der Waals surface area contributed by atoms with Crippen molar-refractivity contribution in [3.63, 3.8) is 0 Å². The first-order valence-electron chi connectivity index (χ1n) is 11.4. The van der Waals surface area contributed by atoms with Gasteiger partial charge in [0.1, 0.15) is 0 Å². The molecule has 0 amide bonds. The van der Waals surface area contributed by atoms with E-state index in [0.717, 1.165) is 18.5 Å². The number of carbonyl (C=O) groups is 2. The maximum absolute atomic E-state index is 13.0. The molecular weight excluding hydrogens is 392 g/mol. The van der Waals surface area contributed by atoms with Gasteiger partial charge in [-0.1, -0.05) is 44.4 Å². The van der Waals surface area contributed by atoms with E-state index in [-0.39, 0.29) is 30.4 Å². The fourth-order valence-corrected chi connectivity index (χ4v) is 4.36. The van der Waals surface area contributed by atoms with Gasteiger partial charge < -0.3 is 14.0 Å². The van der Waals surface area contributed by atoms with Crippen LogP contribution >= 0.6 is 0 Å². The normalized spacial score (nSPS) is 16.5. The molecule has 0 saturated heterocycles. The second-order valence-corrected chi connectivity index (χ2v) is 8.57. The summed E-state index contributed by atoms with van der Waals surface area (Å²) in [6.45, 7) is 2.65. The first kappa shape index (κ1) is 23.0. The molecule has 6 nitrogen and oxygen atoms in total. The highest BCUT2D eigenvalue weighted by Gasteiger charge is 2.31. The lowest BCUT2D eigenvalue weighted by Crippen LogP contribution is -2.32. The fourth-order valence-electron chi connectivity index (χ4n) is 4.36. The fraction of sp³-hybridized carbons (Fsp3) is 0.560. The molecular formula is C25H34N2O4. The van der Waals surface area contributed by atoms with Gasteiger partial charge in [0.05, 0.1) is 31.0 Å². The van der Waals surface area contributed by atoms with Crippen molar-refractivity contribution in [2.75, 3.05) is 13.2 Å². The van der Waals surface area contributed by atoms with Crippen LogP contribution in [0.4, 0.5) is 0 Å². The van der Waals surface area contributed by atoms with Crippen molar-refractivity contribution in [1.29, 1.82) is 0 Å². The van der Waals surface area contributed by atoms with E-state index in [9.17, 15) is 9.59 Å². The summed E-state index contributed by atoms with van der Waals surface area (Å²) < 4.78 is 13.3. The molecule has 0 unspecified atom stereocenters. The monoisotopic (exact) mass is 426 g/mol. The zero-order valence-electron chi connectivity index (χ0n) is 18.7. The van der Waals surface area contributed by atoms with Crippen molar-refractivity contribution in [3.8, 4) is 0 Å². The number of esters is 2. The minimum atomic E-state index is -0.374. The highest BCUT2D eigenvalue weighted by atomic mass is 16.5. The standard InChI is InChI=1S/C25H34N2O4/c1-3-23(25(29)30-16-19-10-6-4-7-11-19)21(14-22-15-26-18-27(22)2)17-31-24(28)20-12-8-5-9-13-20/h5,8-9,12-13,15,18-19,21,23H,3-4,6-7,10-11,14,16-17H2,1-2H3/t21-,23-/m0/s1. The zero-order chi connectivity index (χ0) is 22.1. The van der Waals surface area contributed by atoms with Crippen molar-refractivity contribution < 1.29 is 19.1 Å². The van der Waals surface area contributed by atoms with Crippen molar-refractivity contribution >= 4 is 11.9 Å². The molecule has 6 heteroatoms. The quantitative estimate of drug-likeness (QED) is 0.520. The van der Waals surface area contributed by atoms with E-state index in [1.807, 2.05) is 24.6 Å². The summed E-state index contributed by atoms with van der Waals surface area (Å²) in [5.41, 5.74) is 1.51. The summed E-state index contributed by atoms with van der Waals surface area (Å²) in [6.07, 6.45) is 10.8. The van der Waals surface area contributed by atoms with Crippen LogP contribution in [0.5, 0.6) is 0 Å². The summed E-state index contributed by atoms with van der Waals surface area (Å²) in [7, 11) is 1.93. The van der Waals surface area contributed by atoms with Crippen LogP contribution < -0.4 is 0 Å². The molecule has 1 aliphatic rings. The lowest BCUT2D eigenvalue weighted by atomic mass is 9.86. The van der Waals surface area contributed by atoms with Crippen molar-refractivity contribution in [2.45, 2.75) is 51.9 Å². The Morgan fingerprint density at radius 2 is 1.87 bits per heavy atom. The average Bonchev–Trinajstić information content (AvgIpc) is 3.21. The van der Waals surface area contributed by atoms with Crippen molar-refractivity contribution in [3.05, 3.63) is 54.1 Å². The lowest BCUT2D eigenvalue weighted by molar-refractivity contribution is -0.153. The molecule has 1 aliphatic carbocycles. The van der Waals surface area contributed by atoms with Gasteiger partial charge in [0.2, 0.25) is 0 Å². The highest BCUT2D eigenvalue weighted by molar-refractivity contribution is 5.89. The van der Waals surface area contributed by atoms with E-state index in [2.05, 4.69) is 4.98 Å². The van der Waals surface area contributed by atoms with Gasteiger partial charge in [-0.15, -0.1) is 0 Å². The predicted molar refractivity (Wildman–Crippen MR) is 118 cm³/mol. The molecule has 1 saturated carbocycles. The minimum absolute atomic E-state index is 0.163. The van der Waals surface area contributed by atoms with E-state index < -0.39 is 0 Å². The Morgan fingerprint density at radius 1 is 1.13 bits per heavy atom. The third-order valence-corrected chi connectivity index (χ3v) is 6.32. The topological polar surface area (TPSA) is 70.4 Å². The third-order valence-electron chi connectivity index (χ3n) is 6.32. The number of nitrogens with zero attached hydrogens (tertiary/aromatic N) is 2. The molecule has 1 heterocycles. The molecule has 0 radical (unpaired) electrons. The Labute approximate surface area is 185 Å². The molecule has 1 aromatic carbocycles. The van der Waals surface area contributed by atoms with Crippen LogP contribution in [0, 0.1) is 17.8 Å². The van der Waals surface area contributed by atoms with Gasteiger partial charge in [0, 0.05) is 24.9 Å². The number of hydrogen-bond donors (Lipinski definition) is 0. The molecule has 2 atom stereocenters. The first-order valence-corrected chi connectivity index (χ1v) is 11.4. The van der Waals surface area contributed by atoms with Crippen LogP contribution in [-0.2, 0) is 27.7 Å². The number of hydrogen-bond acceptors (Lipinski definition) is 5. The minimum Gasteiger partial charge on any atom is -0.465 e. The van der Waals surface area contributed by atoms with E-state index in [1.54, 1.807) is 36.8 Å². The van der Waals surface area contributed by atoms with Crippen LogP contribution in [0.15, 0.2) is 42.9 Å². The van der Waals surface area contributed by atoms with E-state index in [1.165, 1.54) is 19.3 Å². The number of benzene rings is 1. The largest absolute Gasteiger partial charge is 0.465 e. The molecule has 0 spiro atoms. The molecule has 31 heavy (non-hydrogen) atoms. The first-order chi connectivity index (χ1) is 15.1. The summed E-state index contributed by atoms with van der Waals surface area (Å²) in [4.78, 5) is 29.7. The second kappa shape index (κ2) is 11.7. The molecule has 1 fully saturated rings. The number of ether oxygens (including phenoxy) is 2. The van der Waals surface area contributed by atoms with Gasteiger partial charge >= 0.3 is 11.9 Å². The highest BCUT2D eigenvalue weighted by Crippen LogP contribution is 2.26. The Bertz CT molecular complexity index is 827. The number of carbonyl (C=O) groups excluding carboxylic acids is 2. The molecule has 0 N–H and O–H groups in total. The Kier molecular flexibility index (Phi) is 8.68. The van der Waals surface area contributed by atoms with Crippen LogP contribution in [0.2, 0.25) is 0 Å². The maximum atomic E-state index is 13.0. The zero-order valence-corrected chi connectivity index (χ0v) is 18.7. The maximum Gasteiger partial charge on any atom is 0.338 e. The number of aryl methyl sites for hydroxylation is 1. The van der Waals surface area contributed by atoms with E-state index in [4.69, 9.17) is 9.47 Å². The van der Waals surface area contributed by atoms with Crippen LogP contribution in [0.3, 0.4) is 0 Å². The smallest absolute Gasteiger partial charge is 0.338 e. The van der Waals surface area contributed by atoms with E-state index in [0.29, 0.717) is 30.9 Å². The molecule has 168 valence electrons. The number of aromatic nitrogens is 2. The summed E-state index contributed by atoms with van der Waals surface area (Å²) in [6, 6.07) is 8.93. The van der Waals surface area contributed by atoms with Gasteiger partial charge in [-0.25, -0.2) is 9.78 Å². The van der Waals surface area contributed by atoms with Gasteiger partial charge in [-0.3, -0.25) is 4.79 Å². The van der Waals surface area contributed by atoms with E-state index >= 15 is 0 Å². The summed E-state index contributed by atoms with van der Waals surface area (Å²) in [5, 5.41) is 0. The van der Waals surface area contributed by atoms with Gasteiger partial charge in [-0.2, -0.15) is 0 Å². The number of imidazole rings is 1.